The van der Waals surface area contributed by atoms with Crippen molar-refractivity contribution in [3.05, 3.63) is 35.8 Å². The van der Waals surface area contributed by atoms with Crippen LogP contribution in [0.5, 0.6) is 0 Å². The molecule has 0 aliphatic heterocycles. The predicted octanol–water partition coefficient (Wildman–Crippen LogP) is 1.52. The largest absolute Gasteiger partial charge is 0.359 e. The molecular weight excluding hydrogens is 268 g/mol. The predicted molar refractivity (Wildman–Crippen MR) is 81.2 cm³/mol. The molecule has 6 heteroatoms. The summed E-state index contributed by atoms with van der Waals surface area (Å²) >= 11 is 0. The second-order valence-electron chi connectivity index (χ2n) is 4.97. The summed E-state index contributed by atoms with van der Waals surface area (Å²) in [6, 6.07) is 3.76. The molecule has 0 radical (unpaired) electrons. The van der Waals surface area contributed by atoms with Gasteiger partial charge in [-0.05, 0) is 32.1 Å². The van der Waals surface area contributed by atoms with E-state index < -0.39 is 0 Å². The van der Waals surface area contributed by atoms with E-state index in [-0.39, 0.29) is 17.6 Å². The second kappa shape index (κ2) is 6.21. The SMILES string of the molecule is CC(C)N(C)C(=O)/C(=C/c1c[nH]c2cccnc12)NC=O. The van der Waals surface area contributed by atoms with Crippen molar-refractivity contribution < 1.29 is 9.59 Å². The normalized spacial score (nSPS) is 11.7. The molecule has 0 fully saturated rings. The molecule has 0 spiro atoms. The van der Waals surface area contributed by atoms with Crippen LogP contribution >= 0.6 is 0 Å². The Labute approximate surface area is 122 Å². The van der Waals surface area contributed by atoms with Gasteiger partial charge in [0.2, 0.25) is 6.41 Å². The van der Waals surface area contributed by atoms with E-state index in [0.29, 0.717) is 6.41 Å². The Kier molecular flexibility index (Phi) is 4.37. The van der Waals surface area contributed by atoms with Gasteiger partial charge in [0.15, 0.2) is 0 Å². The van der Waals surface area contributed by atoms with Gasteiger partial charge in [0.1, 0.15) is 5.70 Å². The Morgan fingerprint density at radius 2 is 2.24 bits per heavy atom. The lowest BCUT2D eigenvalue weighted by molar-refractivity contribution is -0.128. The third-order valence-corrected chi connectivity index (χ3v) is 3.30. The zero-order valence-electron chi connectivity index (χ0n) is 12.3. The third-order valence-electron chi connectivity index (χ3n) is 3.30. The standard InChI is InChI=1S/C15H18N4O2/c1-10(2)19(3)15(21)13(18-9-20)7-11-8-17-12-5-4-6-16-14(11)12/h4-10,17H,1-3H3,(H,18,20)/b13-7-. The molecule has 0 aliphatic rings. The van der Waals surface area contributed by atoms with Gasteiger partial charge in [0.05, 0.1) is 11.0 Å². The first-order valence-corrected chi connectivity index (χ1v) is 6.65. The summed E-state index contributed by atoms with van der Waals surface area (Å²) in [4.78, 5) is 32.0. The van der Waals surface area contributed by atoms with E-state index in [1.165, 1.54) is 0 Å². The van der Waals surface area contributed by atoms with Crippen LogP contribution in [0.15, 0.2) is 30.2 Å². The van der Waals surface area contributed by atoms with Crippen molar-refractivity contribution in [1.82, 2.24) is 20.2 Å². The maximum atomic E-state index is 12.3. The number of aromatic amines is 1. The Morgan fingerprint density at radius 3 is 2.90 bits per heavy atom. The van der Waals surface area contributed by atoms with Gasteiger partial charge in [-0.1, -0.05) is 0 Å². The fourth-order valence-electron chi connectivity index (χ4n) is 1.89. The summed E-state index contributed by atoms with van der Waals surface area (Å²) in [6.07, 6.45) is 5.57. The number of carbonyl (C=O) groups is 2. The molecule has 0 aromatic carbocycles. The number of rotatable bonds is 5. The van der Waals surface area contributed by atoms with E-state index in [1.807, 2.05) is 26.0 Å². The molecule has 110 valence electrons. The molecule has 2 heterocycles. The highest BCUT2D eigenvalue weighted by atomic mass is 16.2. The zero-order valence-corrected chi connectivity index (χ0v) is 12.3. The van der Waals surface area contributed by atoms with Gasteiger partial charge in [-0.2, -0.15) is 0 Å². The highest BCUT2D eigenvalue weighted by molar-refractivity contribution is 6.01. The number of pyridine rings is 1. The van der Waals surface area contributed by atoms with Crippen molar-refractivity contribution in [3.63, 3.8) is 0 Å². The maximum absolute atomic E-state index is 12.3. The number of carbonyl (C=O) groups excluding carboxylic acids is 2. The zero-order chi connectivity index (χ0) is 15.4. The van der Waals surface area contributed by atoms with E-state index in [1.54, 1.807) is 30.4 Å². The molecule has 0 saturated carbocycles. The molecule has 2 N–H and O–H groups in total. The fourth-order valence-corrected chi connectivity index (χ4v) is 1.89. The van der Waals surface area contributed by atoms with Crippen LogP contribution in [-0.2, 0) is 9.59 Å². The minimum Gasteiger partial charge on any atom is -0.359 e. The Hall–Kier alpha value is -2.63. The number of fused-ring (bicyclic) bond motifs is 1. The van der Waals surface area contributed by atoms with Gasteiger partial charge in [-0.15, -0.1) is 0 Å². The molecule has 2 aromatic heterocycles. The van der Waals surface area contributed by atoms with Crippen molar-refractivity contribution in [2.75, 3.05) is 7.05 Å². The summed E-state index contributed by atoms with van der Waals surface area (Å²) < 4.78 is 0. The minimum absolute atomic E-state index is 0.0374. The molecule has 21 heavy (non-hydrogen) atoms. The van der Waals surface area contributed by atoms with Crippen molar-refractivity contribution >= 4 is 29.4 Å². The van der Waals surface area contributed by atoms with Gasteiger partial charge >= 0.3 is 0 Å². The van der Waals surface area contributed by atoms with E-state index in [4.69, 9.17) is 0 Å². The Bertz CT molecular complexity index is 688. The van der Waals surface area contributed by atoms with Gasteiger partial charge in [0.25, 0.3) is 5.91 Å². The van der Waals surface area contributed by atoms with Gasteiger partial charge in [-0.25, -0.2) is 0 Å². The third kappa shape index (κ3) is 3.10. The summed E-state index contributed by atoms with van der Waals surface area (Å²) in [5.74, 6) is -0.248. The highest BCUT2D eigenvalue weighted by Crippen LogP contribution is 2.18. The number of likely N-dealkylation sites (N-methyl/N-ethyl adjacent to an activating group) is 1. The monoisotopic (exact) mass is 286 g/mol. The fraction of sp³-hybridized carbons (Fsp3) is 0.267. The van der Waals surface area contributed by atoms with Crippen molar-refractivity contribution in [3.8, 4) is 0 Å². The molecule has 2 rings (SSSR count). The number of nitrogens with one attached hydrogen (secondary N) is 2. The summed E-state index contributed by atoms with van der Waals surface area (Å²) in [7, 11) is 1.70. The van der Waals surface area contributed by atoms with E-state index in [0.717, 1.165) is 16.6 Å². The molecule has 6 nitrogen and oxygen atoms in total. The van der Waals surface area contributed by atoms with Crippen LogP contribution < -0.4 is 5.32 Å². The quantitative estimate of drug-likeness (QED) is 0.646. The molecule has 2 aromatic rings. The van der Waals surface area contributed by atoms with Crippen LogP contribution in [0.2, 0.25) is 0 Å². The van der Waals surface area contributed by atoms with E-state index >= 15 is 0 Å². The molecule has 2 amide bonds. The average molecular weight is 286 g/mol. The second-order valence-corrected chi connectivity index (χ2v) is 4.97. The molecule has 0 unspecified atom stereocenters. The van der Waals surface area contributed by atoms with Crippen molar-refractivity contribution in [2.45, 2.75) is 19.9 Å². The molecular formula is C15H18N4O2. The molecule has 0 atom stereocenters. The maximum Gasteiger partial charge on any atom is 0.270 e. The Balaban J connectivity index is 2.42. The van der Waals surface area contributed by atoms with Gasteiger partial charge in [0, 0.05) is 31.0 Å². The van der Waals surface area contributed by atoms with Crippen LogP contribution in [0.3, 0.4) is 0 Å². The van der Waals surface area contributed by atoms with Crippen LogP contribution in [-0.4, -0.2) is 40.3 Å². The van der Waals surface area contributed by atoms with E-state index in [9.17, 15) is 9.59 Å². The van der Waals surface area contributed by atoms with Crippen LogP contribution in [0.4, 0.5) is 0 Å². The topological polar surface area (TPSA) is 78.1 Å². The minimum atomic E-state index is -0.248. The number of hydrogen-bond donors (Lipinski definition) is 2. The summed E-state index contributed by atoms with van der Waals surface area (Å²) in [5, 5.41) is 2.47. The lowest BCUT2D eigenvalue weighted by atomic mass is 10.2. The van der Waals surface area contributed by atoms with Gasteiger partial charge < -0.3 is 15.2 Å². The first-order valence-electron chi connectivity index (χ1n) is 6.65. The summed E-state index contributed by atoms with van der Waals surface area (Å²) in [6.45, 7) is 3.81. The van der Waals surface area contributed by atoms with Crippen molar-refractivity contribution in [1.29, 1.82) is 0 Å². The highest BCUT2D eigenvalue weighted by Gasteiger charge is 2.17. The number of nitrogens with zero attached hydrogens (tertiary/aromatic N) is 2. The number of amides is 2. The lowest BCUT2D eigenvalue weighted by Crippen LogP contribution is -2.37. The smallest absolute Gasteiger partial charge is 0.270 e. The van der Waals surface area contributed by atoms with Crippen molar-refractivity contribution in [2.24, 2.45) is 0 Å². The van der Waals surface area contributed by atoms with Crippen LogP contribution in [0, 0.1) is 0 Å². The first kappa shape index (κ1) is 14.8. The van der Waals surface area contributed by atoms with Gasteiger partial charge in [-0.3, -0.25) is 14.6 Å². The number of H-pyrrole nitrogens is 1. The first-order chi connectivity index (χ1) is 10.0. The Morgan fingerprint density at radius 1 is 1.48 bits per heavy atom. The van der Waals surface area contributed by atoms with E-state index in [2.05, 4.69) is 15.3 Å². The van der Waals surface area contributed by atoms with Crippen LogP contribution in [0.25, 0.3) is 17.1 Å². The number of aromatic nitrogens is 2. The average Bonchev–Trinajstić information content (AvgIpc) is 2.88. The number of hydrogen-bond acceptors (Lipinski definition) is 3. The lowest BCUT2D eigenvalue weighted by Gasteiger charge is -2.22. The summed E-state index contributed by atoms with van der Waals surface area (Å²) in [5.41, 5.74) is 2.59. The molecule has 0 aliphatic carbocycles. The molecule has 0 bridgehead atoms. The van der Waals surface area contributed by atoms with Crippen LogP contribution in [0.1, 0.15) is 19.4 Å². The molecule has 0 saturated heterocycles.